The molecule has 130 valence electrons. The molecule has 0 saturated heterocycles. The zero-order valence-corrected chi connectivity index (χ0v) is 14.6. The lowest BCUT2D eigenvalue weighted by Gasteiger charge is -2.16. The van der Waals surface area contributed by atoms with Crippen LogP contribution in [0.2, 0.25) is 0 Å². The first-order chi connectivity index (χ1) is 12.0. The minimum absolute atomic E-state index is 0.0139. The Labute approximate surface area is 145 Å². The quantitative estimate of drug-likeness (QED) is 0.693. The van der Waals surface area contributed by atoms with E-state index in [0.717, 1.165) is 16.2 Å². The standard InChI is InChI=1S/C20H20O5/c1-11(2)25-17-7-5-6-12-13-9-18(23-3)19(24-4)10-14(13)16(20(21)22)8-15(12)17/h5-11H,1-4H3,(H,21,22). The summed E-state index contributed by atoms with van der Waals surface area (Å²) in [4.78, 5) is 11.8. The topological polar surface area (TPSA) is 65.0 Å². The van der Waals surface area contributed by atoms with Gasteiger partial charge in [0.15, 0.2) is 11.5 Å². The fourth-order valence-electron chi connectivity index (χ4n) is 3.01. The van der Waals surface area contributed by atoms with Gasteiger partial charge in [-0.1, -0.05) is 12.1 Å². The third kappa shape index (κ3) is 2.93. The second kappa shape index (κ2) is 6.51. The van der Waals surface area contributed by atoms with E-state index in [1.54, 1.807) is 19.2 Å². The van der Waals surface area contributed by atoms with E-state index in [-0.39, 0.29) is 11.7 Å². The molecule has 3 aromatic rings. The lowest BCUT2D eigenvalue weighted by atomic mass is 9.96. The van der Waals surface area contributed by atoms with Crippen LogP contribution in [-0.2, 0) is 0 Å². The molecule has 0 aliphatic rings. The van der Waals surface area contributed by atoms with Crippen molar-refractivity contribution in [1.29, 1.82) is 0 Å². The summed E-state index contributed by atoms with van der Waals surface area (Å²) < 4.78 is 16.6. The van der Waals surface area contributed by atoms with Crippen LogP contribution in [0.5, 0.6) is 17.2 Å². The molecular weight excluding hydrogens is 320 g/mol. The Morgan fingerprint density at radius 2 is 1.52 bits per heavy atom. The second-order valence-corrected chi connectivity index (χ2v) is 6.00. The van der Waals surface area contributed by atoms with Crippen LogP contribution in [0.1, 0.15) is 24.2 Å². The molecule has 0 unspecified atom stereocenters. The molecule has 5 heteroatoms. The van der Waals surface area contributed by atoms with Crippen molar-refractivity contribution in [2.24, 2.45) is 0 Å². The van der Waals surface area contributed by atoms with Gasteiger partial charge in [0.1, 0.15) is 5.75 Å². The minimum Gasteiger partial charge on any atom is -0.493 e. The zero-order valence-electron chi connectivity index (χ0n) is 14.6. The van der Waals surface area contributed by atoms with Crippen molar-refractivity contribution in [3.05, 3.63) is 42.0 Å². The summed E-state index contributed by atoms with van der Waals surface area (Å²) in [5.74, 6) is 0.700. The number of fused-ring (bicyclic) bond motifs is 3. The van der Waals surface area contributed by atoms with Crippen molar-refractivity contribution >= 4 is 27.5 Å². The first-order valence-corrected chi connectivity index (χ1v) is 7.97. The number of hydrogen-bond donors (Lipinski definition) is 1. The SMILES string of the molecule is COc1cc2c(C(=O)O)cc3c(OC(C)C)cccc3c2cc1OC. The molecule has 0 radical (unpaired) electrons. The first kappa shape index (κ1) is 16.9. The molecule has 1 N–H and O–H groups in total. The number of benzene rings is 3. The van der Waals surface area contributed by atoms with Crippen LogP contribution in [0.4, 0.5) is 0 Å². The number of aromatic carboxylic acids is 1. The van der Waals surface area contributed by atoms with Gasteiger partial charge < -0.3 is 19.3 Å². The highest BCUT2D eigenvalue weighted by atomic mass is 16.5. The summed E-state index contributed by atoms with van der Waals surface area (Å²) in [6.45, 7) is 3.87. The van der Waals surface area contributed by atoms with Gasteiger partial charge in [-0.3, -0.25) is 0 Å². The van der Waals surface area contributed by atoms with E-state index in [0.29, 0.717) is 22.6 Å². The van der Waals surface area contributed by atoms with Crippen molar-refractivity contribution in [3.8, 4) is 17.2 Å². The highest BCUT2D eigenvalue weighted by Gasteiger charge is 2.18. The van der Waals surface area contributed by atoms with Gasteiger partial charge in [0.25, 0.3) is 0 Å². The summed E-state index contributed by atoms with van der Waals surface area (Å²) in [5.41, 5.74) is 0.197. The van der Waals surface area contributed by atoms with Gasteiger partial charge >= 0.3 is 5.97 Å². The molecule has 0 aliphatic heterocycles. The average molecular weight is 340 g/mol. The van der Waals surface area contributed by atoms with Crippen LogP contribution in [0.15, 0.2) is 36.4 Å². The maximum Gasteiger partial charge on any atom is 0.336 e. The molecule has 3 rings (SSSR count). The smallest absolute Gasteiger partial charge is 0.336 e. The predicted octanol–water partition coefficient (Wildman–Crippen LogP) is 4.50. The summed E-state index contributed by atoms with van der Waals surface area (Å²) in [6, 6.07) is 10.9. The van der Waals surface area contributed by atoms with E-state index >= 15 is 0 Å². The Balaban J connectivity index is 2.46. The number of carboxylic acids is 1. The van der Waals surface area contributed by atoms with Gasteiger partial charge in [0.2, 0.25) is 0 Å². The second-order valence-electron chi connectivity index (χ2n) is 6.00. The number of carboxylic acid groups (broad SMARTS) is 1. The van der Waals surface area contributed by atoms with Crippen LogP contribution < -0.4 is 14.2 Å². The lowest BCUT2D eigenvalue weighted by Crippen LogP contribution is -2.06. The molecule has 0 bridgehead atoms. The van der Waals surface area contributed by atoms with E-state index in [2.05, 4.69) is 0 Å². The van der Waals surface area contributed by atoms with Crippen molar-refractivity contribution < 1.29 is 24.1 Å². The summed E-state index contributed by atoms with van der Waals surface area (Å²) in [6.07, 6.45) is -0.0139. The van der Waals surface area contributed by atoms with Gasteiger partial charge in [-0.2, -0.15) is 0 Å². The predicted molar refractivity (Wildman–Crippen MR) is 97.3 cm³/mol. The van der Waals surface area contributed by atoms with Crippen molar-refractivity contribution in [2.45, 2.75) is 20.0 Å². The first-order valence-electron chi connectivity index (χ1n) is 7.97. The number of carbonyl (C=O) groups is 1. The molecule has 5 nitrogen and oxygen atoms in total. The fourth-order valence-corrected chi connectivity index (χ4v) is 3.01. The van der Waals surface area contributed by atoms with Crippen LogP contribution in [0.25, 0.3) is 21.5 Å². The van der Waals surface area contributed by atoms with E-state index in [1.807, 2.05) is 38.1 Å². The van der Waals surface area contributed by atoms with Crippen LogP contribution >= 0.6 is 0 Å². The Morgan fingerprint density at radius 1 is 0.880 bits per heavy atom. The van der Waals surface area contributed by atoms with Crippen LogP contribution in [0, 0.1) is 0 Å². The molecule has 0 aliphatic carbocycles. The lowest BCUT2D eigenvalue weighted by molar-refractivity contribution is 0.0699. The molecule has 3 aromatic carbocycles. The van der Waals surface area contributed by atoms with Crippen molar-refractivity contribution in [1.82, 2.24) is 0 Å². The van der Waals surface area contributed by atoms with Gasteiger partial charge in [0, 0.05) is 10.8 Å². The minimum atomic E-state index is -1.00. The molecule has 0 saturated carbocycles. The maximum atomic E-state index is 11.8. The number of rotatable bonds is 5. The van der Waals surface area contributed by atoms with E-state index in [1.165, 1.54) is 7.11 Å². The largest absolute Gasteiger partial charge is 0.493 e. The molecule has 0 atom stereocenters. The molecular formula is C20H20O5. The Morgan fingerprint density at radius 3 is 2.08 bits per heavy atom. The summed E-state index contributed by atoms with van der Waals surface area (Å²) in [7, 11) is 3.08. The normalized spacial score (nSPS) is 11.1. The Hall–Kier alpha value is -2.95. The molecule has 0 heterocycles. The monoisotopic (exact) mass is 340 g/mol. The Kier molecular flexibility index (Phi) is 4.40. The van der Waals surface area contributed by atoms with Gasteiger partial charge in [-0.05, 0) is 48.9 Å². The Bertz CT molecular complexity index is 959. The van der Waals surface area contributed by atoms with Gasteiger partial charge in [-0.15, -0.1) is 0 Å². The van der Waals surface area contributed by atoms with Crippen molar-refractivity contribution in [3.63, 3.8) is 0 Å². The van der Waals surface area contributed by atoms with Gasteiger partial charge in [-0.25, -0.2) is 4.79 Å². The zero-order chi connectivity index (χ0) is 18.1. The molecule has 0 spiro atoms. The third-order valence-electron chi connectivity index (χ3n) is 4.05. The summed E-state index contributed by atoms with van der Waals surface area (Å²) >= 11 is 0. The number of ether oxygens (including phenoxy) is 3. The summed E-state index contributed by atoms with van der Waals surface area (Å²) in [5, 5.41) is 12.7. The molecule has 0 aromatic heterocycles. The molecule has 25 heavy (non-hydrogen) atoms. The van der Waals surface area contributed by atoms with Crippen molar-refractivity contribution in [2.75, 3.05) is 14.2 Å². The van der Waals surface area contributed by atoms with E-state index < -0.39 is 5.97 Å². The van der Waals surface area contributed by atoms with E-state index in [9.17, 15) is 9.90 Å². The van der Waals surface area contributed by atoms with Gasteiger partial charge in [0.05, 0.1) is 25.9 Å². The van der Waals surface area contributed by atoms with E-state index in [4.69, 9.17) is 14.2 Å². The van der Waals surface area contributed by atoms with Crippen LogP contribution in [-0.4, -0.2) is 31.4 Å². The highest BCUT2D eigenvalue weighted by Crippen LogP contribution is 2.40. The number of hydrogen-bond acceptors (Lipinski definition) is 4. The average Bonchev–Trinajstić information content (AvgIpc) is 2.59. The highest BCUT2D eigenvalue weighted by molar-refractivity contribution is 6.17. The third-order valence-corrected chi connectivity index (χ3v) is 4.05. The molecule has 0 fully saturated rings. The maximum absolute atomic E-state index is 11.8. The fraction of sp³-hybridized carbons (Fsp3) is 0.250. The molecule has 0 amide bonds. The number of methoxy groups -OCH3 is 2. The van der Waals surface area contributed by atoms with Crippen LogP contribution in [0.3, 0.4) is 0 Å².